The standard InChI is InChI=1S/C13H12FNO4S2/c1-7-5-12(8(2)20-7)21(18,19)15-11-4-3-9(14)6-10(11)13(16)17/h3-6,15H,1-2H3,(H,16,17). The van der Waals surface area contributed by atoms with Gasteiger partial charge in [-0.1, -0.05) is 0 Å². The second kappa shape index (κ2) is 5.45. The number of nitrogens with one attached hydrogen (secondary N) is 1. The Bertz CT molecular complexity index is 812. The van der Waals surface area contributed by atoms with Gasteiger partial charge in [-0.2, -0.15) is 0 Å². The molecule has 0 fully saturated rings. The fourth-order valence-electron chi connectivity index (χ4n) is 1.86. The topological polar surface area (TPSA) is 83.5 Å². The van der Waals surface area contributed by atoms with E-state index in [9.17, 15) is 17.6 Å². The Hall–Kier alpha value is -1.93. The van der Waals surface area contributed by atoms with Crippen molar-refractivity contribution in [3.8, 4) is 0 Å². The summed E-state index contributed by atoms with van der Waals surface area (Å²) >= 11 is 1.32. The van der Waals surface area contributed by atoms with Gasteiger partial charge in [0.15, 0.2) is 0 Å². The van der Waals surface area contributed by atoms with Crippen LogP contribution in [0.1, 0.15) is 20.1 Å². The largest absolute Gasteiger partial charge is 0.478 e. The maximum absolute atomic E-state index is 13.1. The smallest absolute Gasteiger partial charge is 0.337 e. The lowest BCUT2D eigenvalue weighted by Gasteiger charge is -2.10. The van der Waals surface area contributed by atoms with E-state index in [1.54, 1.807) is 13.8 Å². The first-order chi connectivity index (χ1) is 9.70. The van der Waals surface area contributed by atoms with Crippen molar-refractivity contribution in [2.45, 2.75) is 18.7 Å². The van der Waals surface area contributed by atoms with Crippen molar-refractivity contribution in [2.75, 3.05) is 4.72 Å². The van der Waals surface area contributed by atoms with Crippen molar-refractivity contribution in [3.05, 3.63) is 45.4 Å². The molecule has 2 aromatic rings. The minimum atomic E-state index is -3.92. The third kappa shape index (κ3) is 3.22. The van der Waals surface area contributed by atoms with E-state index in [1.165, 1.54) is 17.4 Å². The highest BCUT2D eigenvalue weighted by atomic mass is 32.2. The molecule has 0 unspecified atom stereocenters. The fourth-order valence-corrected chi connectivity index (χ4v) is 4.49. The third-order valence-corrected chi connectivity index (χ3v) is 5.33. The first-order valence-electron chi connectivity index (χ1n) is 5.83. The Labute approximate surface area is 125 Å². The van der Waals surface area contributed by atoms with Crippen LogP contribution in [0.3, 0.4) is 0 Å². The van der Waals surface area contributed by atoms with Crippen LogP contribution in [-0.2, 0) is 10.0 Å². The summed E-state index contributed by atoms with van der Waals surface area (Å²) in [7, 11) is -3.92. The summed E-state index contributed by atoms with van der Waals surface area (Å²) in [6.07, 6.45) is 0. The summed E-state index contributed by atoms with van der Waals surface area (Å²) in [4.78, 5) is 12.6. The predicted octanol–water partition coefficient (Wildman–Crippen LogP) is 3.00. The second-order valence-corrected chi connectivity index (χ2v) is 7.49. The fraction of sp³-hybridized carbons (Fsp3) is 0.154. The van der Waals surface area contributed by atoms with Crippen LogP contribution in [0.4, 0.5) is 10.1 Å². The number of anilines is 1. The molecule has 21 heavy (non-hydrogen) atoms. The van der Waals surface area contributed by atoms with Crippen LogP contribution in [0.2, 0.25) is 0 Å². The highest BCUT2D eigenvalue weighted by Crippen LogP contribution is 2.28. The molecule has 0 radical (unpaired) electrons. The number of aromatic carboxylic acids is 1. The molecule has 0 aliphatic rings. The van der Waals surface area contributed by atoms with Gasteiger partial charge < -0.3 is 5.11 Å². The van der Waals surface area contributed by atoms with E-state index in [1.807, 2.05) is 0 Å². The molecular formula is C13H12FNO4S2. The molecule has 0 aliphatic heterocycles. The Balaban J connectivity index is 2.47. The van der Waals surface area contributed by atoms with Gasteiger partial charge in [-0.25, -0.2) is 17.6 Å². The van der Waals surface area contributed by atoms with Crippen LogP contribution in [-0.4, -0.2) is 19.5 Å². The maximum atomic E-state index is 13.1. The van der Waals surface area contributed by atoms with Gasteiger partial charge in [0.25, 0.3) is 10.0 Å². The number of halogens is 1. The molecule has 1 heterocycles. The number of carbonyl (C=O) groups is 1. The van der Waals surface area contributed by atoms with Gasteiger partial charge in [0.1, 0.15) is 10.7 Å². The molecule has 0 amide bonds. The van der Waals surface area contributed by atoms with E-state index in [4.69, 9.17) is 5.11 Å². The lowest BCUT2D eigenvalue weighted by atomic mass is 10.2. The number of thiophene rings is 1. The van der Waals surface area contributed by atoms with E-state index < -0.39 is 27.4 Å². The van der Waals surface area contributed by atoms with E-state index in [-0.39, 0.29) is 10.6 Å². The number of carboxylic acid groups (broad SMARTS) is 1. The predicted molar refractivity (Wildman–Crippen MR) is 78.0 cm³/mol. The van der Waals surface area contributed by atoms with Crippen molar-refractivity contribution in [2.24, 2.45) is 0 Å². The average Bonchev–Trinajstić information content (AvgIpc) is 2.71. The number of benzene rings is 1. The van der Waals surface area contributed by atoms with Gasteiger partial charge in [0, 0.05) is 9.75 Å². The Morgan fingerprint density at radius 2 is 1.95 bits per heavy atom. The second-order valence-electron chi connectivity index (χ2n) is 4.38. The summed E-state index contributed by atoms with van der Waals surface area (Å²) in [5.41, 5.74) is -0.615. The van der Waals surface area contributed by atoms with Crippen molar-refractivity contribution in [1.82, 2.24) is 0 Å². The molecular weight excluding hydrogens is 317 g/mol. The third-order valence-electron chi connectivity index (χ3n) is 2.74. The highest BCUT2D eigenvalue weighted by Gasteiger charge is 2.22. The van der Waals surface area contributed by atoms with E-state index in [2.05, 4.69) is 4.72 Å². The number of hydrogen-bond donors (Lipinski definition) is 2. The summed E-state index contributed by atoms with van der Waals surface area (Å²) in [5, 5.41) is 9.02. The van der Waals surface area contributed by atoms with Crippen molar-refractivity contribution >= 4 is 33.0 Å². The van der Waals surface area contributed by atoms with Crippen molar-refractivity contribution in [3.63, 3.8) is 0 Å². The summed E-state index contributed by atoms with van der Waals surface area (Å²) in [6.45, 7) is 3.44. The van der Waals surface area contributed by atoms with Crippen LogP contribution >= 0.6 is 11.3 Å². The molecule has 1 aromatic carbocycles. The van der Waals surface area contributed by atoms with Crippen LogP contribution in [0.15, 0.2) is 29.2 Å². The van der Waals surface area contributed by atoms with Crippen LogP contribution < -0.4 is 4.72 Å². The molecule has 5 nitrogen and oxygen atoms in total. The van der Waals surface area contributed by atoms with Gasteiger partial charge >= 0.3 is 5.97 Å². The summed E-state index contributed by atoms with van der Waals surface area (Å²) in [6, 6.07) is 4.36. The lowest BCUT2D eigenvalue weighted by molar-refractivity contribution is 0.0697. The number of sulfonamides is 1. The van der Waals surface area contributed by atoms with Gasteiger partial charge in [-0.05, 0) is 38.1 Å². The summed E-state index contributed by atoms with van der Waals surface area (Å²) < 4.78 is 39.9. The average molecular weight is 329 g/mol. The number of rotatable bonds is 4. The van der Waals surface area contributed by atoms with Gasteiger partial charge in [0.05, 0.1) is 11.3 Å². The SMILES string of the molecule is Cc1cc(S(=O)(=O)Nc2ccc(F)cc2C(=O)O)c(C)s1. The van der Waals surface area contributed by atoms with Crippen molar-refractivity contribution in [1.29, 1.82) is 0 Å². The van der Waals surface area contributed by atoms with Gasteiger partial charge in [-0.15, -0.1) is 11.3 Å². The molecule has 8 heteroatoms. The molecule has 2 rings (SSSR count). The van der Waals surface area contributed by atoms with Crippen LogP contribution in [0.25, 0.3) is 0 Å². The quantitative estimate of drug-likeness (QED) is 0.903. The monoisotopic (exact) mass is 329 g/mol. The summed E-state index contributed by atoms with van der Waals surface area (Å²) in [5.74, 6) is -2.16. The zero-order valence-electron chi connectivity index (χ0n) is 11.2. The zero-order chi connectivity index (χ0) is 15.8. The number of aryl methyl sites for hydroxylation is 2. The molecule has 0 bridgehead atoms. The van der Waals surface area contributed by atoms with Crippen LogP contribution in [0, 0.1) is 19.7 Å². The molecule has 0 aliphatic carbocycles. The Kier molecular flexibility index (Phi) is 4.02. The zero-order valence-corrected chi connectivity index (χ0v) is 12.8. The Morgan fingerprint density at radius 1 is 1.29 bits per heavy atom. The number of hydrogen-bond acceptors (Lipinski definition) is 4. The van der Waals surface area contributed by atoms with Crippen LogP contribution in [0.5, 0.6) is 0 Å². The first-order valence-corrected chi connectivity index (χ1v) is 8.13. The minimum Gasteiger partial charge on any atom is -0.478 e. The minimum absolute atomic E-state index is 0.0886. The molecule has 2 N–H and O–H groups in total. The molecule has 1 aromatic heterocycles. The molecule has 0 atom stereocenters. The van der Waals surface area contributed by atoms with E-state index in [0.717, 1.165) is 23.1 Å². The van der Waals surface area contributed by atoms with E-state index >= 15 is 0 Å². The number of carboxylic acids is 1. The highest BCUT2D eigenvalue weighted by molar-refractivity contribution is 7.93. The van der Waals surface area contributed by atoms with Crippen molar-refractivity contribution < 1.29 is 22.7 Å². The Morgan fingerprint density at radius 3 is 2.48 bits per heavy atom. The van der Waals surface area contributed by atoms with E-state index in [0.29, 0.717) is 4.88 Å². The molecule has 112 valence electrons. The maximum Gasteiger partial charge on any atom is 0.337 e. The molecule has 0 saturated carbocycles. The lowest BCUT2D eigenvalue weighted by Crippen LogP contribution is -2.16. The normalized spacial score (nSPS) is 11.4. The molecule has 0 spiro atoms. The molecule has 0 saturated heterocycles. The van der Waals surface area contributed by atoms with Gasteiger partial charge in [-0.3, -0.25) is 4.72 Å². The first kappa shape index (κ1) is 15.5. The van der Waals surface area contributed by atoms with Gasteiger partial charge in [0.2, 0.25) is 0 Å².